The highest BCUT2D eigenvalue weighted by Gasteiger charge is 2.10. The molecule has 0 radical (unpaired) electrons. The summed E-state index contributed by atoms with van der Waals surface area (Å²) in [5.41, 5.74) is 3.23. The third kappa shape index (κ3) is 3.75. The zero-order chi connectivity index (χ0) is 18.6. The van der Waals surface area contributed by atoms with Crippen molar-refractivity contribution >= 4 is 10.8 Å². The Morgan fingerprint density at radius 3 is 2.52 bits per heavy atom. The van der Waals surface area contributed by atoms with E-state index in [4.69, 9.17) is 9.47 Å². The van der Waals surface area contributed by atoms with Crippen LogP contribution in [0.1, 0.15) is 16.8 Å². The highest BCUT2D eigenvalue weighted by molar-refractivity contribution is 5.83. The predicted molar refractivity (Wildman–Crippen MR) is 107 cm³/mol. The number of hydrogen-bond donors (Lipinski definition) is 0. The van der Waals surface area contributed by atoms with Gasteiger partial charge in [0.2, 0.25) is 0 Å². The van der Waals surface area contributed by atoms with Crippen LogP contribution in [0.4, 0.5) is 0 Å². The number of methoxy groups -OCH3 is 1. The average Bonchev–Trinajstić information content (AvgIpc) is 2.71. The molecule has 0 unspecified atom stereocenters. The van der Waals surface area contributed by atoms with Gasteiger partial charge < -0.3 is 9.47 Å². The second kappa shape index (κ2) is 7.46. The number of aromatic nitrogens is 2. The first-order valence-electron chi connectivity index (χ1n) is 8.83. The molecule has 0 saturated carbocycles. The summed E-state index contributed by atoms with van der Waals surface area (Å²) >= 11 is 0. The second-order valence-electron chi connectivity index (χ2n) is 6.46. The van der Waals surface area contributed by atoms with E-state index in [1.54, 1.807) is 13.3 Å². The van der Waals surface area contributed by atoms with Crippen LogP contribution in [0.15, 0.2) is 72.9 Å². The summed E-state index contributed by atoms with van der Waals surface area (Å²) in [6, 6.07) is 22.1. The summed E-state index contributed by atoms with van der Waals surface area (Å²) in [5, 5.41) is 10.7. The monoisotopic (exact) mass is 356 g/mol. The fraction of sp³-hybridized carbons (Fsp3) is 0.130. The van der Waals surface area contributed by atoms with Gasteiger partial charge in [-0.25, -0.2) is 0 Å². The Morgan fingerprint density at radius 2 is 1.70 bits per heavy atom. The SMILES string of the molecule is COc1cc(Cc2nncc3ccccc23)ccc1Oc1ccc(C)cc1. The molecule has 3 aromatic carbocycles. The molecule has 27 heavy (non-hydrogen) atoms. The van der Waals surface area contributed by atoms with E-state index >= 15 is 0 Å². The van der Waals surface area contributed by atoms with Crippen LogP contribution < -0.4 is 9.47 Å². The van der Waals surface area contributed by atoms with Crippen molar-refractivity contribution in [3.05, 3.63) is 89.7 Å². The van der Waals surface area contributed by atoms with Crippen molar-refractivity contribution in [1.29, 1.82) is 0 Å². The van der Waals surface area contributed by atoms with Crippen LogP contribution in [0.5, 0.6) is 17.2 Å². The molecule has 0 atom stereocenters. The zero-order valence-corrected chi connectivity index (χ0v) is 15.3. The zero-order valence-electron chi connectivity index (χ0n) is 15.3. The van der Waals surface area contributed by atoms with Gasteiger partial charge in [0.1, 0.15) is 5.75 Å². The minimum Gasteiger partial charge on any atom is -0.493 e. The highest BCUT2D eigenvalue weighted by atomic mass is 16.5. The lowest BCUT2D eigenvalue weighted by molar-refractivity contribution is 0.378. The van der Waals surface area contributed by atoms with Crippen LogP contribution in [-0.2, 0) is 6.42 Å². The summed E-state index contributed by atoms with van der Waals surface area (Å²) in [7, 11) is 1.65. The van der Waals surface area contributed by atoms with E-state index in [9.17, 15) is 0 Å². The smallest absolute Gasteiger partial charge is 0.169 e. The molecule has 4 nitrogen and oxygen atoms in total. The Balaban J connectivity index is 1.61. The van der Waals surface area contributed by atoms with E-state index in [2.05, 4.69) is 23.2 Å². The normalized spacial score (nSPS) is 10.7. The van der Waals surface area contributed by atoms with Gasteiger partial charge in [0.15, 0.2) is 11.5 Å². The van der Waals surface area contributed by atoms with Crippen LogP contribution in [-0.4, -0.2) is 17.3 Å². The molecule has 134 valence electrons. The predicted octanol–water partition coefficient (Wildman–Crippen LogP) is 5.33. The maximum absolute atomic E-state index is 5.98. The molecule has 1 heterocycles. The summed E-state index contributed by atoms with van der Waals surface area (Å²) in [4.78, 5) is 0. The average molecular weight is 356 g/mol. The van der Waals surface area contributed by atoms with E-state index < -0.39 is 0 Å². The highest BCUT2D eigenvalue weighted by Crippen LogP contribution is 2.33. The van der Waals surface area contributed by atoms with E-state index in [1.165, 1.54) is 5.56 Å². The minimum atomic E-state index is 0.676. The molecule has 4 heteroatoms. The van der Waals surface area contributed by atoms with Crippen molar-refractivity contribution in [2.45, 2.75) is 13.3 Å². The number of nitrogens with zero attached hydrogens (tertiary/aromatic N) is 2. The standard InChI is InChI=1S/C23H20N2O2/c1-16-7-10-19(11-8-16)27-22-12-9-17(14-23(22)26-2)13-21-20-6-4-3-5-18(20)15-24-25-21/h3-12,14-15H,13H2,1-2H3. The van der Waals surface area contributed by atoms with Crippen molar-refractivity contribution in [2.24, 2.45) is 0 Å². The van der Waals surface area contributed by atoms with Crippen LogP contribution in [0.3, 0.4) is 0 Å². The van der Waals surface area contributed by atoms with E-state index in [0.29, 0.717) is 17.9 Å². The van der Waals surface area contributed by atoms with Crippen LogP contribution in [0.2, 0.25) is 0 Å². The van der Waals surface area contributed by atoms with E-state index in [1.807, 2.05) is 60.7 Å². The van der Waals surface area contributed by atoms with Gasteiger partial charge in [-0.1, -0.05) is 48.0 Å². The van der Waals surface area contributed by atoms with Crippen LogP contribution in [0, 0.1) is 6.92 Å². The lowest BCUT2D eigenvalue weighted by Crippen LogP contribution is -1.98. The molecule has 0 spiro atoms. The summed E-state index contributed by atoms with van der Waals surface area (Å²) in [6.45, 7) is 2.05. The van der Waals surface area contributed by atoms with Gasteiger partial charge in [0.05, 0.1) is 19.0 Å². The molecule has 4 aromatic rings. The lowest BCUT2D eigenvalue weighted by atomic mass is 10.0. The maximum atomic E-state index is 5.98. The van der Waals surface area contributed by atoms with Gasteiger partial charge >= 0.3 is 0 Å². The third-order valence-electron chi connectivity index (χ3n) is 4.50. The number of aryl methyl sites for hydroxylation is 1. The van der Waals surface area contributed by atoms with Crippen molar-refractivity contribution in [2.75, 3.05) is 7.11 Å². The third-order valence-corrected chi connectivity index (χ3v) is 4.50. The van der Waals surface area contributed by atoms with Crippen LogP contribution >= 0.6 is 0 Å². The molecule has 0 fully saturated rings. The van der Waals surface area contributed by atoms with Gasteiger partial charge in [-0.05, 0) is 36.8 Å². The van der Waals surface area contributed by atoms with Crippen molar-refractivity contribution in [3.63, 3.8) is 0 Å². The fourth-order valence-corrected chi connectivity index (χ4v) is 3.05. The van der Waals surface area contributed by atoms with Gasteiger partial charge in [0, 0.05) is 17.2 Å². The molecule has 0 bridgehead atoms. The summed E-state index contributed by atoms with van der Waals surface area (Å²) < 4.78 is 11.5. The summed E-state index contributed by atoms with van der Waals surface area (Å²) in [6.07, 6.45) is 2.47. The number of fused-ring (bicyclic) bond motifs is 1. The minimum absolute atomic E-state index is 0.676. The largest absolute Gasteiger partial charge is 0.493 e. The van der Waals surface area contributed by atoms with E-state index in [0.717, 1.165) is 27.8 Å². The Labute approximate surface area is 158 Å². The van der Waals surface area contributed by atoms with Gasteiger partial charge in [0.25, 0.3) is 0 Å². The topological polar surface area (TPSA) is 44.2 Å². The molecule has 0 aliphatic heterocycles. The first-order valence-corrected chi connectivity index (χ1v) is 8.83. The van der Waals surface area contributed by atoms with Crippen molar-refractivity contribution in [1.82, 2.24) is 10.2 Å². The Morgan fingerprint density at radius 1 is 0.889 bits per heavy atom. The van der Waals surface area contributed by atoms with Crippen molar-refractivity contribution in [3.8, 4) is 17.2 Å². The maximum Gasteiger partial charge on any atom is 0.169 e. The molecule has 0 amide bonds. The molecule has 0 saturated heterocycles. The van der Waals surface area contributed by atoms with E-state index in [-0.39, 0.29) is 0 Å². The fourth-order valence-electron chi connectivity index (χ4n) is 3.05. The first kappa shape index (κ1) is 17.0. The molecule has 4 rings (SSSR count). The molecular formula is C23H20N2O2. The number of rotatable bonds is 5. The Hall–Kier alpha value is -3.40. The first-order chi connectivity index (χ1) is 13.2. The molecule has 0 N–H and O–H groups in total. The van der Waals surface area contributed by atoms with Gasteiger partial charge in [-0.2, -0.15) is 10.2 Å². The Kier molecular flexibility index (Phi) is 4.71. The lowest BCUT2D eigenvalue weighted by Gasteiger charge is -2.12. The van der Waals surface area contributed by atoms with Gasteiger partial charge in [-0.3, -0.25) is 0 Å². The quantitative estimate of drug-likeness (QED) is 0.485. The molecule has 0 aliphatic rings. The summed E-state index contributed by atoms with van der Waals surface area (Å²) in [5.74, 6) is 2.17. The Bertz CT molecular complexity index is 1070. The molecule has 0 aliphatic carbocycles. The molecular weight excluding hydrogens is 336 g/mol. The molecule has 1 aromatic heterocycles. The number of hydrogen-bond acceptors (Lipinski definition) is 4. The van der Waals surface area contributed by atoms with Crippen LogP contribution in [0.25, 0.3) is 10.8 Å². The van der Waals surface area contributed by atoms with Crippen molar-refractivity contribution < 1.29 is 9.47 Å². The number of benzene rings is 3. The number of ether oxygens (including phenoxy) is 2. The second-order valence-corrected chi connectivity index (χ2v) is 6.46. The van der Waals surface area contributed by atoms with Gasteiger partial charge in [-0.15, -0.1) is 0 Å².